The van der Waals surface area contributed by atoms with Crippen molar-refractivity contribution in [2.24, 2.45) is 0 Å². The van der Waals surface area contributed by atoms with Crippen LogP contribution in [0.2, 0.25) is 0 Å². The second kappa shape index (κ2) is 6.84. The van der Waals surface area contributed by atoms with Crippen molar-refractivity contribution >= 4 is 10.0 Å². The summed E-state index contributed by atoms with van der Waals surface area (Å²) >= 11 is 0. The van der Waals surface area contributed by atoms with Gasteiger partial charge in [0, 0.05) is 19.7 Å². The second-order valence-corrected chi connectivity index (χ2v) is 5.74. The molecule has 102 valence electrons. The highest BCUT2D eigenvalue weighted by atomic mass is 32.2. The first-order valence-electron chi connectivity index (χ1n) is 5.77. The molecule has 0 saturated heterocycles. The molecule has 0 amide bonds. The molecule has 1 aromatic carbocycles. The lowest BCUT2D eigenvalue weighted by molar-refractivity contribution is 0.204. The van der Waals surface area contributed by atoms with Crippen LogP contribution in [0.3, 0.4) is 0 Å². The molecule has 6 heteroatoms. The third kappa shape index (κ3) is 4.06. The molecule has 0 bridgehead atoms. The number of sulfonamides is 1. The summed E-state index contributed by atoms with van der Waals surface area (Å²) in [7, 11) is -0.0873. The van der Waals surface area contributed by atoms with Crippen LogP contribution >= 0.6 is 0 Å². The highest BCUT2D eigenvalue weighted by molar-refractivity contribution is 7.89. The monoisotopic (exact) mass is 272 g/mol. The molecule has 0 radical (unpaired) electrons. The van der Waals surface area contributed by atoms with E-state index in [-0.39, 0.29) is 17.5 Å². The fourth-order valence-corrected chi connectivity index (χ4v) is 2.55. The van der Waals surface area contributed by atoms with E-state index in [0.717, 1.165) is 5.56 Å². The van der Waals surface area contributed by atoms with Gasteiger partial charge in [0.05, 0.1) is 11.5 Å². The molecule has 0 heterocycles. The van der Waals surface area contributed by atoms with Crippen molar-refractivity contribution in [1.29, 1.82) is 0 Å². The van der Waals surface area contributed by atoms with Crippen LogP contribution in [0.1, 0.15) is 18.5 Å². The Kier molecular flexibility index (Phi) is 5.74. The number of hydrogen-bond acceptors (Lipinski definition) is 4. The third-order valence-corrected chi connectivity index (χ3v) is 4.16. The fourth-order valence-electron chi connectivity index (χ4n) is 1.48. The van der Waals surface area contributed by atoms with E-state index in [4.69, 9.17) is 4.74 Å². The van der Waals surface area contributed by atoms with Gasteiger partial charge >= 0.3 is 0 Å². The quantitative estimate of drug-likeness (QED) is 0.723. The Hall–Kier alpha value is -0.950. The summed E-state index contributed by atoms with van der Waals surface area (Å²) < 4.78 is 31.3. The van der Waals surface area contributed by atoms with Crippen LogP contribution in [0.5, 0.6) is 0 Å². The third-order valence-electron chi connectivity index (χ3n) is 2.70. The van der Waals surface area contributed by atoms with Gasteiger partial charge in [0.25, 0.3) is 0 Å². The highest BCUT2D eigenvalue weighted by Crippen LogP contribution is 2.16. The Labute approximate surface area is 109 Å². The van der Waals surface area contributed by atoms with Gasteiger partial charge in [-0.3, -0.25) is 0 Å². The van der Waals surface area contributed by atoms with Crippen LogP contribution in [0.25, 0.3) is 0 Å². The van der Waals surface area contributed by atoms with Crippen LogP contribution in [0, 0.1) is 0 Å². The summed E-state index contributed by atoms with van der Waals surface area (Å²) in [6.45, 7) is 2.60. The molecule has 2 N–H and O–H groups in total. The normalized spacial score (nSPS) is 13.5. The van der Waals surface area contributed by atoms with Crippen LogP contribution in [-0.2, 0) is 14.8 Å². The molecular formula is C12H20N2O3S. The molecule has 0 fully saturated rings. The number of rotatable bonds is 7. The maximum absolute atomic E-state index is 12.0. The lowest BCUT2D eigenvalue weighted by Gasteiger charge is -2.12. The van der Waals surface area contributed by atoms with Crippen molar-refractivity contribution in [2.75, 3.05) is 27.3 Å². The van der Waals surface area contributed by atoms with E-state index in [1.54, 1.807) is 18.2 Å². The van der Waals surface area contributed by atoms with Gasteiger partial charge in [-0.2, -0.15) is 0 Å². The molecule has 0 aliphatic rings. The Morgan fingerprint density at radius 1 is 1.39 bits per heavy atom. The summed E-state index contributed by atoms with van der Waals surface area (Å²) in [6.07, 6.45) is 0. The van der Waals surface area contributed by atoms with Crippen molar-refractivity contribution < 1.29 is 13.2 Å². The first kappa shape index (κ1) is 15.1. The zero-order chi connectivity index (χ0) is 13.6. The topological polar surface area (TPSA) is 67.4 Å². The lowest BCUT2D eigenvalue weighted by Crippen LogP contribution is -2.27. The standard InChI is InChI=1S/C12H20N2O3S/c1-10(13-2)11-5-4-6-12(9-11)18(15,16)14-7-8-17-3/h4-6,9-10,13-14H,7-8H2,1-3H3. The van der Waals surface area contributed by atoms with E-state index in [2.05, 4.69) is 10.0 Å². The molecule has 0 spiro atoms. The summed E-state index contributed by atoms with van der Waals surface area (Å²) in [6, 6.07) is 7.01. The fraction of sp³-hybridized carbons (Fsp3) is 0.500. The molecule has 1 atom stereocenters. The molecule has 5 nitrogen and oxygen atoms in total. The summed E-state index contributed by atoms with van der Waals surface area (Å²) in [5.74, 6) is 0. The van der Waals surface area contributed by atoms with Gasteiger partial charge in [-0.15, -0.1) is 0 Å². The molecule has 0 aliphatic heterocycles. The number of methoxy groups -OCH3 is 1. The van der Waals surface area contributed by atoms with Gasteiger partial charge in [-0.05, 0) is 31.7 Å². The molecule has 0 aliphatic carbocycles. The van der Waals surface area contributed by atoms with Crippen LogP contribution in [0.15, 0.2) is 29.2 Å². The van der Waals surface area contributed by atoms with E-state index in [1.165, 1.54) is 7.11 Å². The van der Waals surface area contributed by atoms with Crippen molar-refractivity contribution in [3.8, 4) is 0 Å². The van der Waals surface area contributed by atoms with Gasteiger partial charge in [0.15, 0.2) is 0 Å². The highest BCUT2D eigenvalue weighted by Gasteiger charge is 2.14. The molecule has 18 heavy (non-hydrogen) atoms. The van der Waals surface area contributed by atoms with Crippen LogP contribution in [-0.4, -0.2) is 35.7 Å². The number of ether oxygens (including phenoxy) is 1. The van der Waals surface area contributed by atoms with Gasteiger partial charge in [0.1, 0.15) is 0 Å². The zero-order valence-corrected chi connectivity index (χ0v) is 11.8. The SMILES string of the molecule is CNC(C)c1cccc(S(=O)(=O)NCCOC)c1. The molecule has 1 unspecified atom stereocenters. The minimum absolute atomic E-state index is 0.110. The lowest BCUT2D eigenvalue weighted by atomic mass is 10.1. The first-order valence-corrected chi connectivity index (χ1v) is 7.25. The number of hydrogen-bond donors (Lipinski definition) is 2. The predicted octanol–water partition coefficient (Wildman–Crippen LogP) is 0.892. The van der Waals surface area contributed by atoms with E-state index in [9.17, 15) is 8.42 Å². The average Bonchev–Trinajstić information content (AvgIpc) is 2.38. The maximum Gasteiger partial charge on any atom is 0.240 e. The smallest absolute Gasteiger partial charge is 0.240 e. The van der Waals surface area contributed by atoms with Crippen LogP contribution in [0.4, 0.5) is 0 Å². The largest absolute Gasteiger partial charge is 0.383 e. The van der Waals surface area contributed by atoms with Crippen molar-refractivity contribution in [3.63, 3.8) is 0 Å². The summed E-state index contributed by atoms with van der Waals surface area (Å²) in [5, 5.41) is 3.08. The Balaban J connectivity index is 2.88. The number of nitrogens with one attached hydrogen (secondary N) is 2. The molecular weight excluding hydrogens is 252 g/mol. The van der Waals surface area contributed by atoms with Gasteiger partial charge in [-0.1, -0.05) is 12.1 Å². The summed E-state index contributed by atoms with van der Waals surface area (Å²) in [5.41, 5.74) is 0.937. The van der Waals surface area contributed by atoms with Gasteiger partial charge in [-0.25, -0.2) is 13.1 Å². The molecule has 1 aromatic rings. The van der Waals surface area contributed by atoms with Crippen molar-refractivity contribution in [3.05, 3.63) is 29.8 Å². The average molecular weight is 272 g/mol. The van der Waals surface area contributed by atoms with Gasteiger partial charge in [0.2, 0.25) is 10.0 Å². The Morgan fingerprint density at radius 2 is 2.11 bits per heavy atom. The summed E-state index contributed by atoms with van der Waals surface area (Å²) in [4.78, 5) is 0.276. The number of benzene rings is 1. The minimum Gasteiger partial charge on any atom is -0.383 e. The van der Waals surface area contributed by atoms with E-state index in [1.807, 2.05) is 20.0 Å². The van der Waals surface area contributed by atoms with E-state index in [0.29, 0.717) is 6.61 Å². The van der Waals surface area contributed by atoms with Crippen LogP contribution < -0.4 is 10.0 Å². The minimum atomic E-state index is -3.45. The Morgan fingerprint density at radius 3 is 2.72 bits per heavy atom. The maximum atomic E-state index is 12.0. The second-order valence-electron chi connectivity index (χ2n) is 3.97. The van der Waals surface area contributed by atoms with Crippen molar-refractivity contribution in [2.45, 2.75) is 17.9 Å². The zero-order valence-electron chi connectivity index (χ0n) is 10.9. The molecule has 1 rings (SSSR count). The molecule has 0 aromatic heterocycles. The van der Waals surface area contributed by atoms with Crippen molar-refractivity contribution in [1.82, 2.24) is 10.0 Å². The van der Waals surface area contributed by atoms with E-state index >= 15 is 0 Å². The predicted molar refractivity (Wildman–Crippen MR) is 71.0 cm³/mol. The Bertz CT molecular complexity index is 474. The van der Waals surface area contributed by atoms with Gasteiger partial charge < -0.3 is 10.1 Å². The molecule has 0 saturated carbocycles. The van der Waals surface area contributed by atoms with E-state index < -0.39 is 10.0 Å². The first-order chi connectivity index (χ1) is 8.51.